The maximum absolute atomic E-state index is 12.3. The highest BCUT2D eigenvalue weighted by molar-refractivity contribution is 8.01. The predicted octanol–water partition coefficient (Wildman–Crippen LogP) is 4.27. The van der Waals surface area contributed by atoms with Crippen LogP contribution in [0.25, 0.3) is 0 Å². The van der Waals surface area contributed by atoms with Crippen molar-refractivity contribution in [2.75, 3.05) is 17.6 Å². The summed E-state index contributed by atoms with van der Waals surface area (Å²) < 4.78 is 0.814. The van der Waals surface area contributed by atoms with E-state index in [0.717, 1.165) is 16.0 Å². The molecule has 0 unspecified atom stereocenters. The number of hydrogen-bond acceptors (Lipinski definition) is 7. The number of amides is 1. The van der Waals surface area contributed by atoms with E-state index in [1.807, 2.05) is 11.4 Å². The van der Waals surface area contributed by atoms with Crippen LogP contribution in [0.3, 0.4) is 0 Å². The van der Waals surface area contributed by atoms with Gasteiger partial charge in [-0.05, 0) is 23.3 Å². The van der Waals surface area contributed by atoms with Crippen molar-refractivity contribution < 1.29 is 4.79 Å². The Balaban J connectivity index is 1.82. The van der Waals surface area contributed by atoms with Gasteiger partial charge in [0.2, 0.25) is 11.0 Å². The zero-order chi connectivity index (χ0) is 17.5. The first-order valence-corrected chi connectivity index (χ1v) is 10.7. The Labute approximate surface area is 155 Å². The third kappa shape index (κ3) is 6.07. The molecule has 0 radical (unpaired) electrons. The molecule has 0 aliphatic heterocycles. The van der Waals surface area contributed by atoms with Crippen LogP contribution in [0.5, 0.6) is 0 Å². The summed E-state index contributed by atoms with van der Waals surface area (Å²) in [5.74, 6) is 1.29. The second kappa shape index (κ2) is 9.39. The topological polar surface area (TPSA) is 66.9 Å². The molecule has 2 aromatic heterocycles. The molecule has 1 atom stereocenters. The van der Waals surface area contributed by atoms with Crippen molar-refractivity contribution >= 4 is 45.5 Å². The highest BCUT2D eigenvalue weighted by Crippen LogP contribution is 2.28. The van der Waals surface area contributed by atoms with Crippen LogP contribution in [0.2, 0.25) is 0 Å². The highest BCUT2D eigenvalue weighted by Gasteiger charge is 2.19. The molecule has 0 aromatic carbocycles. The summed E-state index contributed by atoms with van der Waals surface area (Å²) in [7, 11) is 0. The first-order valence-electron chi connectivity index (χ1n) is 7.98. The Morgan fingerprint density at radius 2 is 2.08 bits per heavy atom. The fraction of sp³-hybridized carbons (Fsp3) is 0.562. The summed E-state index contributed by atoms with van der Waals surface area (Å²) >= 11 is 4.60. The van der Waals surface area contributed by atoms with Gasteiger partial charge in [-0.2, -0.15) is 0 Å². The first kappa shape index (κ1) is 19.2. The van der Waals surface area contributed by atoms with Crippen LogP contribution in [-0.4, -0.2) is 28.4 Å². The molecule has 0 saturated carbocycles. The van der Waals surface area contributed by atoms with Crippen LogP contribution in [-0.2, 0) is 4.79 Å². The molecule has 0 fully saturated rings. The molecule has 2 rings (SSSR count). The third-order valence-corrected chi connectivity index (χ3v) is 6.20. The van der Waals surface area contributed by atoms with Crippen LogP contribution in [0.1, 0.15) is 38.6 Å². The molecule has 0 spiro atoms. The molecule has 0 aliphatic rings. The van der Waals surface area contributed by atoms with Gasteiger partial charge in [0.1, 0.15) is 0 Å². The molecular formula is C16H24N4OS3. The number of carbonyl (C=O) groups excluding carboxylic acids is 1. The predicted molar refractivity (Wildman–Crippen MR) is 104 cm³/mol. The second-order valence-corrected chi connectivity index (χ2v) is 9.42. The lowest BCUT2D eigenvalue weighted by atomic mass is 10.0. The number of rotatable bonds is 9. The van der Waals surface area contributed by atoms with E-state index in [4.69, 9.17) is 0 Å². The summed E-state index contributed by atoms with van der Waals surface area (Å²) in [5.41, 5.74) is 0. The quantitative estimate of drug-likeness (QED) is 0.632. The SMILES string of the molecule is CC(C)CNc1nnc(SCC(=O)N[C@H](c2cccs2)C(C)C)s1. The van der Waals surface area contributed by atoms with Gasteiger partial charge in [-0.1, -0.05) is 56.9 Å². The van der Waals surface area contributed by atoms with Gasteiger partial charge in [-0.25, -0.2) is 0 Å². The summed E-state index contributed by atoms with van der Waals surface area (Å²) in [6.07, 6.45) is 0. The smallest absolute Gasteiger partial charge is 0.230 e. The zero-order valence-electron chi connectivity index (χ0n) is 14.4. The summed E-state index contributed by atoms with van der Waals surface area (Å²) in [6, 6.07) is 4.15. The fourth-order valence-corrected chi connectivity index (χ4v) is 4.53. The average Bonchev–Trinajstić information content (AvgIpc) is 3.19. The zero-order valence-corrected chi connectivity index (χ0v) is 16.9. The maximum Gasteiger partial charge on any atom is 0.230 e. The Morgan fingerprint density at radius 3 is 2.71 bits per heavy atom. The Hall–Kier alpha value is -1.12. The molecule has 2 aromatic rings. The van der Waals surface area contributed by atoms with Gasteiger partial charge in [0.15, 0.2) is 4.34 Å². The van der Waals surface area contributed by atoms with E-state index >= 15 is 0 Å². The second-order valence-electron chi connectivity index (χ2n) is 6.24. The van der Waals surface area contributed by atoms with E-state index in [9.17, 15) is 4.79 Å². The van der Waals surface area contributed by atoms with Crippen molar-refractivity contribution in [3.05, 3.63) is 22.4 Å². The number of anilines is 1. The number of thioether (sulfide) groups is 1. The largest absolute Gasteiger partial charge is 0.360 e. The molecule has 0 aliphatic carbocycles. The minimum Gasteiger partial charge on any atom is -0.360 e. The van der Waals surface area contributed by atoms with E-state index in [-0.39, 0.29) is 11.9 Å². The fourth-order valence-electron chi connectivity index (χ4n) is 2.01. The Kier molecular flexibility index (Phi) is 7.51. The van der Waals surface area contributed by atoms with Crippen molar-refractivity contribution in [1.82, 2.24) is 15.5 Å². The number of thiophene rings is 1. The van der Waals surface area contributed by atoms with Crippen molar-refractivity contribution in [3.63, 3.8) is 0 Å². The summed E-state index contributed by atoms with van der Waals surface area (Å²) in [6.45, 7) is 9.40. The first-order chi connectivity index (χ1) is 11.5. The van der Waals surface area contributed by atoms with Gasteiger partial charge in [0, 0.05) is 11.4 Å². The molecule has 2 N–H and O–H groups in total. The molecule has 5 nitrogen and oxygen atoms in total. The Bertz CT molecular complexity index is 625. The lowest BCUT2D eigenvalue weighted by Crippen LogP contribution is -2.32. The number of aromatic nitrogens is 2. The summed E-state index contributed by atoms with van der Waals surface area (Å²) in [4.78, 5) is 13.5. The minimum atomic E-state index is 0.0268. The van der Waals surface area contributed by atoms with Crippen LogP contribution in [0.15, 0.2) is 21.9 Å². The van der Waals surface area contributed by atoms with Crippen molar-refractivity contribution in [1.29, 1.82) is 0 Å². The van der Waals surface area contributed by atoms with E-state index in [2.05, 4.69) is 54.6 Å². The number of nitrogens with one attached hydrogen (secondary N) is 2. The number of nitrogens with zero attached hydrogens (tertiary/aromatic N) is 2. The molecular weight excluding hydrogens is 360 g/mol. The lowest BCUT2D eigenvalue weighted by Gasteiger charge is -2.21. The van der Waals surface area contributed by atoms with Crippen LogP contribution in [0.4, 0.5) is 5.13 Å². The summed E-state index contributed by atoms with van der Waals surface area (Å²) in [5, 5.41) is 17.5. The molecule has 0 saturated heterocycles. The van der Waals surface area contributed by atoms with Gasteiger partial charge < -0.3 is 10.6 Å². The molecule has 0 bridgehead atoms. The number of carbonyl (C=O) groups is 1. The van der Waals surface area contributed by atoms with Gasteiger partial charge >= 0.3 is 0 Å². The average molecular weight is 385 g/mol. The molecule has 1 amide bonds. The lowest BCUT2D eigenvalue weighted by molar-refractivity contribution is -0.119. The molecule has 8 heteroatoms. The van der Waals surface area contributed by atoms with Crippen LogP contribution in [0, 0.1) is 11.8 Å². The monoisotopic (exact) mass is 384 g/mol. The van der Waals surface area contributed by atoms with Crippen molar-refractivity contribution in [2.24, 2.45) is 11.8 Å². The van der Waals surface area contributed by atoms with Gasteiger partial charge in [-0.15, -0.1) is 21.5 Å². The molecule has 2 heterocycles. The van der Waals surface area contributed by atoms with Crippen LogP contribution >= 0.6 is 34.4 Å². The molecule has 132 valence electrons. The Morgan fingerprint density at radius 1 is 1.29 bits per heavy atom. The highest BCUT2D eigenvalue weighted by atomic mass is 32.2. The minimum absolute atomic E-state index is 0.0268. The van der Waals surface area contributed by atoms with Gasteiger partial charge in [0.05, 0.1) is 11.8 Å². The van der Waals surface area contributed by atoms with Gasteiger partial charge in [-0.3, -0.25) is 4.79 Å². The van der Waals surface area contributed by atoms with Crippen molar-refractivity contribution in [2.45, 2.75) is 38.1 Å². The van der Waals surface area contributed by atoms with Crippen LogP contribution < -0.4 is 10.6 Å². The van der Waals surface area contributed by atoms with Crippen molar-refractivity contribution in [3.8, 4) is 0 Å². The van der Waals surface area contributed by atoms with E-state index in [1.165, 1.54) is 28.0 Å². The molecule has 24 heavy (non-hydrogen) atoms. The maximum atomic E-state index is 12.3. The van der Waals surface area contributed by atoms with E-state index in [0.29, 0.717) is 17.6 Å². The number of hydrogen-bond donors (Lipinski definition) is 2. The van der Waals surface area contributed by atoms with Gasteiger partial charge in [0.25, 0.3) is 0 Å². The normalized spacial score (nSPS) is 12.6. The third-order valence-electron chi connectivity index (χ3n) is 3.23. The standard InChI is InChI=1S/C16H24N4OS3/c1-10(2)8-17-15-19-20-16(24-15)23-9-13(21)18-14(11(3)4)12-6-5-7-22-12/h5-7,10-11,14H,8-9H2,1-4H3,(H,17,19)(H,18,21)/t14-/m0/s1. The van der Waals surface area contributed by atoms with E-state index in [1.54, 1.807) is 11.3 Å². The van der Waals surface area contributed by atoms with E-state index < -0.39 is 0 Å².